The minimum Gasteiger partial charge on any atom is -0.394 e. The van der Waals surface area contributed by atoms with Crippen LogP contribution in [0.15, 0.2) is 0 Å². The molecule has 0 unspecified atom stereocenters. The number of rotatable bonds is 3. The minimum absolute atomic E-state index is 0.0318. The summed E-state index contributed by atoms with van der Waals surface area (Å²) in [6.45, 7) is 0.442. The molecule has 0 radical (unpaired) electrons. The van der Waals surface area contributed by atoms with Crippen LogP contribution in [0.3, 0.4) is 0 Å². The predicted molar refractivity (Wildman–Crippen MR) is 87.6 cm³/mol. The van der Waals surface area contributed by atoms with Gasteiger partial charge >= 0.3 is 0 Å². The van der Waals surface area contributed by atoms with Crippen LogP contribution in [0, 0.1) is 0 Å². The first-order valence-corrected chi connectivity index (χ1v) is 8.98. The fourth-order valence-corrected chi connectivity index (χ4v) is 3.60. The summed E-state index contributed by atoms with van der Waals surface area (Å²) < 4.78 is 33.2. The highest BCUT2D eigenvalue weighted by Crippen LogP contribution is 2.31. The number of hydrogen-bond acceptors (Lipinski definition) is 11. The molecule has 3 saturated heterocycles. The van der Waals surface area contributed by atoms with E-state index in [-0.39, 0.29) is 13.4 Å². The molecule has 12 nitrogen and oxygen atoms in total. The van der Waals surface area contributed by atoms with Crippen LogP contribution in [0.5, 0.6) is 0 Å². The maximum absolute atomic E-state index is 11.5. The number of methoxy groups -OCH3 is 1. The number of ether oxygens (including phenoxy) is 6. The van der Waals surface area contributed by atoms with Crippen LogP contribution in [0.1, 0.15) is 6.92 Å². The number of aliphatic hydroxyl groups is 4. The van der Waals surface area contributed by atoms with Crippen LogP contribution in [-0.2, 0) is 33.2 Å². The van der Waals surface area contributed by atoms with E-state index in [2.05, 4.69) is 5.32 Å². The normalized spacial score (nSPS) is 47.1. The highest BCUT2D eigenvalue weighted by atomic mass is 16.8. The lowest BCUT2D eigenvalue weighted by molar-refractivity contribution is -0.345. The van der Waals surface area contributed by atoms with E-state index in [9.17, 15) is 25.2 Å². The van der Waals surface area contributed by atoms with Gasteiger partial charge in [-0.1, -0.05) is 0 Å². The summed E-state index contributed by atoms with van der Waals surface area (Å²) in [5.41, 5.74) is 0. The zero-order valence-electron chi connectivity index (χ0n) is 15.5. The Morgan fingerprint density at radius 2 is 1.86 bits per heavy atom. The molecule has 12 heteroatoms. The van der Waals surface area contributed by atoms with E-state index in [0.29, 0.717) is 0 Å². The van der Waals surface area contributed by atoms with Crippen molar-refractivity contribution < 1.29 is 53.6 Å². The van der Waals surface area contributed by atoms with Crippen LogP contribution < -0.4 is 5.32 Å². The third kappa shape index (κ3) is 4.31. The number of amides is 1. The Hall–Kier alpha value is -0.930. The van der Waals surface area contributed by atoms with Gasteiger partial charge < -0.3 is 54.2 Å². The third-order valence-corrected chi connectivity index (χ3v) is 5.02. The maximum atomic E-state index is 11.5. The van der Waals surface area contributed by atoms with Gasteiger partial charge in [-0.15, -0.1) is 0 Å². The van der Waals surface area contributed by atoms with Gasteiger partial charge in [-0.3, -0.25) is 4.79 Å². The highest BCUT2D eigenvalue weighted by molar-refractivity contribution is 5.73. The van der Waals surface area contributed by atoms with Gasteiger partial charge in [0.25, 0.3) is 0 Å². The molecule has 0 aliphatic carbocycles. The molecular formula is C16H27NO11. The molecule has 28 heavy (non-hydrogen) atoms. The Kier molecular flexibility index (Phi) is 7.20. The molecule has 0 aromatic heterocycles. The van der Waals surface area contributed by atoms with Gasteiger partial charge in [-0.25, -0.2) is 0 Å². The molecule has 3 aliphatic rings. The van der Waals surface area contributed by atoms with Crippen molar-refractivity contribution in [2.75, 3.05) is 27.1 Å². The first-order valence-electron chi connectivity index (χ1n) is 8.98. The molecule has 0 bridgehead atoms. The third-order valence-electron chi connectivity index (χ3n) is 5.02. The molecule has 3 heterocycles. The molecule has 0 aromatic carbocycles. The van der Waals surface area contributed by atoms with Crippen molar-refractivity contribution in [1.29, 1.82) is 0 Å². The van der Waals surface area contributed by atoms with E-state index >= 15 is 0 Å². The summed E-state index contributed by atoms with van der Waals surface area (Å²) >= 11 is 0. The molecule has 0 spiro atoms. The number of carbonyl (C=O) groups is 1. The summed E-state index contributed by atoms with van der Waals surface area (Å²) in [5.74, 6) is -0.401. The van der Waals surface area contributed by atoms with Gasteiger partial charge in [0.2, 0.25) is 5.91 Å². The van der Waals surface area contributed by atoms with Crippen LogP contribution in [0.4, 0.5) is 0 Å². The van der Waals surface area contributed by atoms with Crippen molar-refractivity contribution in [1.82, 2.24) is 5.32 Å². The Bertz CT molecular complexity index is 537. The predicted octanol–water partition coefficient (Wildman–Crippen LogP) is -3.58. The second-order valence-electron chi connectivity index (χ2n) is 6.92. The van der Waals surface area contributed by atoms with E-state index in [1.807, 2.05) is 0 Å². The summed E-state index contributed by atoms with van der Waals surface area (Å²) in [6, 6.07) is -0.934. The van der Waals surface area contributed by atoms with Crippen LogP contribution in [-0.4, -0.2) is 115 Å². The van der Waals surface area contributed by atoms with Crippen molar-refractivity contribution in [3.8, 4) is 0 Å². The van der Waals surface area contributed by atoms with Gasteiger partial charge in [-0.05, 0) is 0 Å². The number of nitrogens with one attached hydrogen (secondary N) is 1. The molecule has 1 amide bonds. The van der Waals surface area contributed by atoms with Crippen LogP contribution in [0.2, 0.25) is 0 Å². The molecule has 3 aliphatic heterocycles. The van der Waals surface area contributed by atoms with E-state index in [1.165, 1.54) is 14.0 Å². The molecule has 10 atom stereocenters. The van der Waals surface area contributed by atoms with Crippen molar-refractivity contribution in [2.24, 2.45) is 0 Å². The topological polar surface area (TPSA) is 165 Å². The molecule has 3 rings (SSSR count). The summed E-state index contributed by atoms with van der Waals surface area (Å²) in [6.07, 6.45) is -10.4. The number of aliphatic hydroxyl groups excluding tert-OH is 4. The molecule has 3 fully saturated rings. The van der Waals surface area contributed by atoms with Crippen molar-refractivity contribution in [2.45, 2.75) is 68.3 Å². The van der Waals surface area contributed by atoms with E-state index in [0.717, 1.165) is 0 Å². The summed E-state index contributed by atoms with van der Waals surface area (Å²) in [5, 5.41) is 43.2. The molecule has 0 saturated carbocycles. The number of carbonyl (C=O) groups excluding carboxylic acids is 1. The highest BCUT2D eigenvalue weighted by Gasteiger charge is 2.52. The lowest BCUT2D eigenvalue weighted by Crippen LogP contribution is -2.67. The Morgan fingerprint density at radius 1 is 1.11 bits per heavy atom. The monoisotopic (exact) mass is 409 g/mol. The van der Waals surface area contributed by atoms with Gasteiger partial charge in [-0.2, -0.15) is 0 Å². The van der Waals surface area contributed by atoms with Crippen LogP contribution >= 0.6 is 0 Å². The fourth-order valence-electron chi connectivity index (χ4n) is 3.60. The summed E-state index contributed by atoms with van der Waals surface area (Å²) in [4.78, 5) is 11.5. The maximum Gasteiger partial charge on any atom is 0.217 e. The van der Waals surface area contributed by atoms with E-state index in [1.54, 1.807) is 0 Å². The van der Waals surface area contributed by atoms with Gasteiger partial charge in [0, 0.05) is 14.0 Å². The minimum atomic E-state index is -1.42. The molecule has 5 N–H and O–H groups in total. The lowest BCUT2D eigenvalue weighted by Gasteiger charge is -2.46. The Labute approximate surface area is 161 Å². The number of hydrogen-bond donors (Lipinski definition) is 5. The van der Waals surface area contributed by atoms with Gasteiger partial charge in [0.15, 0.2) is 12.6 Å². The second kappa shape index (κ2) is 9.26. The smallest absolute Gasteiger partial charge is 0.217 e. The standard InChI is InChI=1S/C16H27NO11/c1-6(19)17-9-11(21)13-8(27-15(9)23-2)4-24-5-25-14-12(22)10(20)7(3-18)26-16(14)28-13/h7-16,18,20-22H,3-5H2,1-2H3,(H,17,19)/t7-,8-,9-,10+,11-,12+,13-,14-,15-,16+/m1/s1. The Balaban J connectivity index is 1.84. The molecule has 0 aromatic rings. The zero-order chi connectivity index (χ0) is 20.4. The van der Waals surface area contributed by atoms with E-state index < -0.39 is 73.9 Å². The average molecular weight is 409 g/mol. The Morgan fingerprint density at radius 3 is 2.50 bits per heavy atom. The number of fused-ring (bicyclic) bond motifs is 2. The quantitative estimate of drug-likeness (QED) is 0.313. The van der Waals surface area contributed by atoms with Gasteiger partial charge in [0.05, 0.1) is 13.2 Å². The second-order valence-corrected chi connectivity index (χ2v) is 6.92. The van der Waals surface area contributed by atoms with Gasteiger partial charge in [0.1, 0.15) is 55.6 Å². The van der Waals surface area contributed by atoms with Crippen molar-refractivity contribution in [3.05, 3.63) is 0 Å². The fraction of sp³-hybridized carbons (Fsp3) is 0.938. The van der Waals surface area contributed by atoms with Crippen molar-refractivity contribution in [3.63, 3.8) is 0 Å². The van der Waals surface area contributed by atoms with Crippen molar-refractivity contribution >= 4 is 5.91 Å². The average Bonchev–Trinajstić information content (AvgIpc) is 2.75. The first kappa shape index (κ1) is 21.8. The lowest BCUT2D eigenvalue weighted by atomic mass is 9.95. The first-order chi connectivity index (χ1) is 13.4. The zero-order valence-corrected chi connectivity index (χ0v) is 15.5. The van der Waals surface area contributed by atoms with Crippen LogP contribution in [0.25, 0.3) is 0 Å². The SMILES string of the molecule is CO[C@@H]1O[C@@H]2COCO[C@H]3[C@H](O[C@H]2[C@H](O)[C@H]1NC(C)=O)O[C@H](CO)[C@H](O)[C@@H]3O. The largest absolute Gasteiger partial charge is 0.394 e. The molecular weight excluding hydrogens is 382 g/mol. The summed E-state index contributed by atoms with van der Waals surface area (Å²) in [7, 11) is 1.37. The molecule has 162 valence electrons. The van der Waals surface area contributed by atoms with E-state index in [4.69, 9.17) is 28.4 Å².